The van der Waals surface area contributed by atoms with Crippen LogP contribution in [-0.4, -0.2) is 0 Å². The fourth-order valence-corrected chi connectivity index (χ4v) is 8.16. The molecule has 200 valence electrons. The quantitative estimate of drug-likeness (QED) is 0.193. The highest BCUT2D eigenvalue weighted by Gasteiger charge is 2.21. The van der Waals surface area contributed by atoms with Gasteiger partial charge in [-0.05, 0) is 89.6 Å². The number of hydrogen-bond donors (Lipinski definition) is 0. The molecule has 8 aromatic carbocycles. The molecule has 0 spiro atoms. The first-order valence-corrected chi connectivity index (χ1v) is 15.6. The van der Waals surface area contributed by atoms with Gasteiger partial charge in [0.05, 0.1) is 0 Å². The summed E-state index contributed by atoms with van der Waals surface area (Å²) in [7, 11) is 0. The maximum absolute atomic E-state index is 2.39. The first-order valence-electron chi connectivity index (χ1n) is 14.8. The number of benzene rings is 8. The molecule has 1 heteroatoms. The van der Waals surface area contributed by atoms with Crippen LogP contribution in [0.2, 0.25) is 0 Å². The molecule has 0 bridgehead atoms. The summed E-state index contributed by atoms with van der Waals surface area (Å²) >= 11 is 1.88. The highest BCUT2D eigenvalue weighted by molar-refractivity contribution is 7.99. The van der Waals surface area contributed by atoms with Gasteiger partial charge >= 0.3 is 0 Å². The SMILES string of the molecule is c1ccc(-c2c3ccccc3c(-c3cccc(-c4ccc5c6c(cccc46)-c4ccccc4S5)c3)c3ccccc23)cc1. The van der Waals surface area contributed by atoms with Crippen LogP contribution in [-0.2, 0) is 0 Å². The summed E-state index contributed by atoms with van der Waals surface area (Å²) < 4.78 is 0. The van der Waals surface area contributed by atoms with Crippen LogP contribution in [0, 0.1) is 0 Å². The first kappa shape index (κ1) is 24.5. The lowest BCUT2D eigenvalue weighted by molar-refractivity contribution is 1.40. The molecule has 0 aliphatic carbocycles. The minimum Gasteiger partial charge on any atom is -0.0888 e. The van der Waals surface area contributed by atoms with Crippen LogP contribution in [0.15, 0.2) is 168 Å². The minimum absolute atomic E-state index is 1.24. The molecule has 0 fully saturated rings. The predicted molar refractivity (Wildman–Crippen MR) is 185 cm³/mol. The van der Waals surface area contributed by atoms with Crippen LogP contribution in [0.3, 0.4) is 0 Å². The third kappa shape index (κ3) is 3.79. The number of hydrogen-bond acceptors (Lipinski definition) is 1. The second kappa shape index (κ2) is 9.73. The van der Waals surface area contributed by atoms with E-state index in [4.69, 9.17) is 0 Å². The maximum atomic E-state index is 2.39. The van der Waals surface area contributed by atoms with Gasteiger partial charge in [0.25, 0.3) is 0 Å². The molecule has 0 N–H and O–H groups in total. The monoisotopic (exact) mass is 562 g/mol. The lowest BCUT2D eigenvalue weighted by Crippen LogP contribution is -1.94. The fourth-order valence-electron chi connectivity index (χ4n) is 7.03. The molecule has 0 saturated heterocycles. The van der Waals surface area contributed by atoms with E-state index in [1.807, 2.05) is 11.8 Å². The Bertz CT molecular complexity index is 2310. The Hall–Kier alpha value is -5.11. The molecular weight excluding hydrogens is 537 g/mol. The van der Waals surface area contributed by atoms with Crippen LogP contribution in [0.4, 0.5) is 0 Å². The summed E-state index contributed by atoms with van der Waals surface area (Å²) in [5, 5.41) is 7.79. The number of fused-ring (bicyclic) bond motifs is 4. The van der Waals surface area contributed by atoms with Gasteiger partial charge in [-0.2, -0.15) is 0 Å². The molecule has 43 heavy (non-hydrogen) atoms. The highest BCUT2D eigenvalue weighted by Crippen LogP contribution is 2.50. The Labute approximate surface area is 255 Å². The van der Waals surface area contributed by atoms with Crippen molar-refractivity contribution < 1.29 is 0 Å². The van der Waals surface area contributed by atoms with Gasteiger partial charge < -0.3 is 0 Å². The molecule has 0 amide bonds. The van der Waals surface area contributed by atoms with Crippen LogP contribution in [0.25, 0.3) is 76.8 Å². The Morgan fingerprint density at radius 3 is 1.58 bits per heavy atom. The lowest BCUT2D eigenvalue weighted by atomic mass is 9.85. The van der Waals surface area contributed by atoms with E-state index >= 15 is 0 Å². The van der Waals surface area contributed by atoms with E-state index in [1.165, 1.54) is 86.6 Å². The summed E-state index contributed by atoms with van der Waals surface area (Å²) in [5.74, 6) is 0. The Kier molecular flexibility index (Phi) is 5.54. The van der Waals surface area contributed by atoms with Crippen LogP contribution in [0.1, 0.15) is 0 Å². The van der Waals surface area contributed by atoms with E-state index in [9.17, 15) is 0 Å². The molecule has 0 saturated carbocycles. The highest BCUT2D eigenvalue weighted by atomic mass is 32.2. The minimum atomic E-state index is 1.24. The zero-order valence-corrected chi connectivity index (χ0v) is 24.2. The van der Waals surface area contributed by atoms with Crippen molar-refractivity contribution in [3.63, 3.8) is 0 Å². The molecule has 8 aromatic rings. The van der Waals surface area contributed by atoms with Crippen molar-refractivity contribution in [3.8, 4) is 44.5 Å². The van der Waals surface area contributed by atoms with E-state index in [-0.39, 0.29) is 0 Å². The van der Waals surface area contributed by atoms with Crippen molar-refractivity contribution in [3.05, 3.63) is 158 Å². The molecule has 1 aliphatic heterocycles. The van der Waals surface area contributed by atoms with Gasteiger partial charge in [0, 0.05) is 15.2 Å². The standard InChI is InChI=1S/C42H26S/c1-2-12-27(13-3-1)40-34-17-4-6-19-36(34)41(37-20-7-5-18-35(37)40)29-15-10-14-28(26-29)30-24-25-39-42-32(30)21-11-22-33(42)31-16-8-9-23-38(31)43-39/h1-26H. The normalized spacial score (nSPS) is 12.1. The predicted octanol–water partition coefficient (Wildman–Crippen LogP) is 12.3. The largest absolute Gasteiger partial charge is 0.0888 e. The smallest absolute Gasteiger partial charge is 0.0207 e. The van der Waals surface area contributed by atoms with Crippen LogP contribution >= 0.6 is 11.8 Å². The summed E-state index contributed by atoms with van der Waals surface area (Å²) in [4.78, 5) is 2.66. The third-order valence-electron chi connectivity index (χ3n) is 8.86. The van der Waals surface area contributed by atoms with Crippen molar-refractivity contribution in [2.24, 2.45) is 0 Å². The third-order valence-corrected chi connectivity index (χ3v) is 9.99. The molecule has 1 aliphatic rings. The van der Waals surface area contributed by atoms with Crippen molar-refractivity contribution in [2.45, 2.75) is 9.79 Å². The van der Waals surface area contributed by atoms with Crippen molar-refractivity contribution in [1.29, 1.82) is 0 Å². The second-order valence-electron chi connectivity index (χ2n) is 11.2. The number of rotatable bonds is 3. The molecule has 0 aromatic heterocycles. The van der Waals surface area contributed by atoms with Gasteiger partial charge in [-0.3, -0.25) is 0 Å². The Morgan fingerprint density at radius 2 is 0.837 bits per heavy atom. The first-order chi connectivity index (χ1) is 21.3. The zero-order chi connectivity index (χ0) is 28.3. The summed E-state index contributed by atoms with van der Waals surface area (Å²) in [6, 6.07) is 57.9. The molecule has 1 heterocycles. The van der Waals surface area contributed by atoms with Gasteiger partial charge in [0.1, 0.15) is 0 Å². The molecule has 0 nitrogen and oxygen atoms in total. The van der Waals surface area contributed by atoms with Crippen molar-refractivity contribution in [2.75, 3.05) is 0 Å². The van der Waals surface area contributed by atoms with Gasteiger partial charge in [-0.25, -0.2) is 0 Å². The van der Waals surface area contributed by atoms with Crippen LogP contribution < -0.4 is 0 Å². The van der Waals surface area contributed by atoms with Gasteiger partial charge in [-0.15, -0.1) is 0 Å². The van der Waals surface area contributed by atoms with Crippen molar-refractivity contribution in [1.82, 2.24) is 0 Å². The van der Waals surface area contributed by atoms with Crippen LogP contribution in [0.5, 0.6) is 0 Å². The van der Waals surface area contributed by atoms with E-state index < -0.39 is 0 Å². The van der Waals surface area contributed by atoms with E-state index in [0.717, 1.165) is 0 Å². The summed E-state index contributed by atoms with van der Waals surface area (Å²) in [6.07, 6.45) is 0. The zero-order valence-electron chi connectivity index (χ0n) is 23.4. The van der Waals surface area contributed by atoms with E-state index in [2.05, 4.69) is 158 Å². The van der Waals surface area contributed by atoms with Crippen molar-refractivity contribution >= 4 is 44.1 Å². The summed E-state index contributed by atoms with van der Waals surface area (Å²) in [6.45, 7) is 0. The lowest BCUT2D eigenvalue weighted by Gasteiger charge is -2.22. The van der Waals surface area contributed by atoms with Gasteiger partial charge in [0.15, 0.2) is 0 Å². The molecule has 9 rings (SSSR count). The molecular formula is C42H26S. The summed E-state index contributed by atoms with van der Waals surface area (Å²) in [5.41, 5.74) is 10.2. The topological polar surface area (TPSA) is 0 Å². The molecule has 0 unspecified atom stereocenters. The molecule has 0 radical (unpaired) electrons. The van der Waals surface area contributed by atoms with Gasteiger partial charge in [-0.1, -0.05) is 151 Å². The molecule has 0 atom stereocenters. The maximum Gasteiger partial charge on any atom is 0.0207 e. The van der Waals surface area contributed by atoms with E-state index in [0.29, 0.717) is 0 Å². The Morgan fingerprint density at radius 1 is 0.302 bits per heavy atom. The van der Waals surface area contributed by atoms with E-state index in [1.54, 1.807) is 0 Å². The van der Waals surface area contributed by atoms with Gasteiger partial charge in [0.2, 0.25) is 0 Å². The fraction of sp³-hybridized carbons (Fsp3) is 0. The second-order valence-corrected chi connectivity index (χ2v) is 12.3. The average molecular weight is 563 g/mol. The Balaban J connectivity index is 1.29. The average Bonchev–Trinajstić information content (AvgIpc) is 3.08.